The van der Waals surface area contributed by atoms with Crippen LogP contribution >= 0.6 is 0 Å². The molecule has 104 valence electrons. The highest BCUT2D eigenvalue weighted by atomic mass is 16.5. The number of carbonyl (C=O) groups excluding carboxylic acids is 2. The van der Waals surface area contributed by atoms with E-state index in [1.165, 1.54) is 4.90 Å². The predicted molar refractivity (Wildman–Crippen MR) is 74.0 cm³/mol. The Bertz CT molecular complexity index is 406. The zero-order valence-electron chi connectivity index (χ0n) is 11.4. The van der Waals surface area contributed by atoms with E-state index in [0.29, 0.717) is 26.1 Å². The molecule has 0 atom stereocenters. The van der Waals surface area contributed by atoms with Crippen LogP contribution < -0.4 is 10.2 Å². The van der Waals surface area contributed by atoms with Crippen molar-refractivity contribution in [2.75, 3.05) is 31.7 Å². The SMILES string of the molecule is CCN(C(=O)C(=O)NCCCOC)c1ccccc1. The van der Waals surface area contributed by atoms with Gasteiger partial charge in [0, 0.05) is 32.5 Å². The van der Waals surface area contributed by atoms with Gasteiger partial charge in [0.1, 0.15) is 0 Å². The predicted octanol–water partition coefficient (Wildman–Crippen LogP) is 1.19. The van der Waals surface area contributed by atoms with Gasteiger partial charge in [0.25, 0.3) is 0 Å². The second kappa shape index (κ2) is 8.26. The number of nitrogens with one attached hydrogen (secondary N) is 1. The molecular weight excluding hydrogens is 244 g/mol. The number of amides is 2. The summed E-state index contributed by atoms with van der Waals surface area (Å²) in [5, 5.41) is 2.59. The van der Waals surface area contributed by atoms with Crippen LogP contribution in [-0.4, -0.2) is 38.6 Å². The second-order valence-corrected chi connectivity index (χ2v) is 3.99. The van der Waals surface area contributed by atoms with Gasteiger partial charge in [-0.15, -0.1) is 0 Å². The highest BCUT2D eigenvalue weighted by molar-refractivity contribution is 6.40. The molecule has 0 aliphatic carbocycles. The normalized spacial score (nSPS) is 10.0. The molecule has 1 N–H and O–H groups in total. The van der Waals surface area contributed by atoms with Crippen LogP contribution in [0.5, 0.6) is 0 Å². The van der Waals surface area contributed by atoms with Crippen molar-refractivity contribution in [1.29, 1.82) is 0 Å². The number of benzene rings is 1. The van der Waals surface area contributed by atoms with Crippen LogP contribution in [0.4, 0.5) is 5.69 Å². The minimum absolute atomic E-state index is 0.435. The van der Waals surface area contributed by atoms with Crippen LogP contribution in [0.2, 0.25) is 0 Å². The molecule has 2 amide bonds. The molecule has 0 aliphatic rings. The standard InChI is InChI=1S/C14H20N2O3/c1-3-16(12-8-5-4-6-9-12)14(18)13(17)15-10-7-11-19-2/h4-6,8-9H,3,7,10-11H2,1-2H3,(H,15,17). The van der Waals surface area contributed by atoms with Crippen molar-refractivity contribution >= 4 is 17.5 Å². The molecule has 19 heavy (non-hydrogen) atoms. The Hall–Kier alpha value is -1.88. The molecule has 0 radical (unpaired) electrons. The van der Waals surface area contributed by atoms with E-state index in [9.17, 15) is 9.59 Å². The number of para-hydroxylation sites is 1. The summed E-state index contributed by atoms with van der Waals surface area (Å²) < 4.78 is 4.88. The van der Waals surface area contributed by atoms with Crippen LogP contribution in [0.3, 0.4) is 0 Å². The zero-order chi connectivity index (χ0) is 14.1. The lowest BCUT2D eigenvalue weighted by molar-refractivity contribution is -0.137. The van der Waals surface area contributed by atoms with Gasteiger partial charge in [-0.1, -0.05) is 18.2 Å². The molecule has 0 fully saturated rings. The number of carbonyl (C=O) groups is 2. The Morgan fingerprint density at radius 3 is 2.53 bits per heavy atom. The third-order valence-electron chi connectivity index (χ3n) is 2.63. The minimum atomic E-state index is -0.582. The lowest BCUT2D eigenvalue weighted by Crippen LogP contribution is -2.43. The number of likely N-dealkylation sites (N-methyl/N-ethyl adjacent to an activating group) is 1. The fraction of sp³-hybridized carbons (Fsp3) is 0.429. The number of ether oxygens (including phenoxy) is 1. The van der Waals surface area contributed by atoms with Gasteiger partial charge in [0.15, 0.2) is 0 Å². The van der Waals surface area contributed by atoms with Crippen LogP contribution in [0.15, 0.2) is 30.3 Å². The summed E-state index contributed by atoms with van der Waals surface area (Å²) in [5.41, 5.74) is 0.724. The Morgan fingerprint density at radius 2 is 1.95 bits per heavy atom. The van der Waals surface area contributed by atoms with E-state index in [4.69, 9.17) is 4.74 Å². The summed E-state index contributed by atoms with van der Waals surface area (Å²) in [5.74, 6) is -1.12. The fourth-order valence-electron chi connectivity index (χ4n) is 1.67. The van der Waals surface area contributed by atoms with Crippen molar-refractivity contribution in [3.05, 3.63) is 30.3 Å². The van der Waals surface area contributed by atoms with E-state index in [0.717, 1.165) is 5.69 Å². The summed E-state index contributed by atoms with van der Waals surface area (Å²) in [4.78, 5) is 25.2. The van der Waals surface area contributed by atoms with E-state index >= 15 is 0 Å². The topological polar surface area (TPSA) is 58.6 Å². The zero-order valence-corrected chi connectivity index (χ0v) is 11.4. The molecule has 0 unspecified atom stereocenters. The fourth-order valence-corrected chi connectivity index (χ4v) is 1.67. The van der Waals surface area contributed by atoms with Crippen molar-refractivity contribution in [3.63, 3.8) is 0 Å². The van der Waals surface area contributed by atoms with Crippen molar-refractivity contribution in [1.82, 2.24) is 5.32 Å². The maximum atomic E-state index is 12.0. The van der Waals surface area contributed by atoms with Crippen molar-refractivity contribution in [3.8, 4) is 0 Å². The summed E-state index contributed by atoms with van der Waals surface area (Å²) >= 11 is 0. The van der Waals surface area contributed by atoms with E-state index in [-0.39, 0.29) is 0 Å². The van der Waals surface area contributed by atoms with Gasteiger partial charge in [-0.3, -0.25) is 9.59 Å². The molecule has 0 spiro atoms. The van der Waals surface area contributed by atoms with E-state index in [1.807, 2.05) is 25.1 Å². The largest absolute Gasteiger partial charge is 0.385 e. The van der Waals surface area contributed by atoms with E-state index in [1.54, 1.807) is 19.2 Å². The molecule has 0 aromatic heterocycles. The summed E-state index contributed by atoms with van der Waals surface area (Å²) in [6, 6.07) is 9.15. The summed E-state index contributed by atoms with van der Waals surface area (Å²) in [6.45, 7) is 3.28. The molecule has 5 nitrogen and oxygen atoms in total. The summed E-state index contributed by atoms with van der Waals surface area (Å²) in [7, 11) is 1.60. The quantitative estimate of drug-likeness (QED) is 0.620. The van der Waals surface area contributed by atoms with Gasteiger partial charge in [-0.2, -0.15) is 0 Å². The van der Waals surface area contributed by atoms with Crippen molar-refractivity contribution in [2.24, 2.45) is 0 Å². The Labute approximate surface area is 113 Å². The maximum absolute atomic E-state index is 12.0. The third kappa shape index (κ3) is 4.71. The molecule has 0 saturated heterocycles. The third-order valence-corrected chi connectivity index (χ3v) is 2.63. The average molecular weight is 264 g/mol. The molecule has 1 rings (SSSR count). The number of rotatable bonds is 6. The smallest absolute Gasteiger partial charge is 0.316 e. The molecule has 0 bridgehead atoms. The lowest BCUT2D eigenvalue weighted by atomic mass is 10.2. The van der Waals surface area contributed by atoms with Gasteiger partial charge in [-0.05, 0) is 25.5 Å². The second-order valence-electron chi connectivity index (χ2n) is 3.99. The van der Waals surface area contributed by atoms with Gasteiger partial charge in [0.05, 0.1) is 0 Å². The average Bonchev–Trinajstić information content (AvgIpc) is 2.45. The van der Waals surface area contributed by atoms with Gasteiger partial charge >= 0.3 is 11.8 Å². The van der Waals surface area contributed by atoms with Crippen LogP contribution in [0.1, 0.15) is 13.3 Å². The number of nitrogens with zero attached hydrogens (tertiary/aromatic N) is 1. The Morgan fingerprint density at radius 1 is 1.26 bits per heavy atom. The molecule has 0 aliphatic heterocycles. The number of anilines is 1. The van der Waals surface area contributed by atoms with Crippen LogP contribution in [0.25, 0.3) is 0 Å². The van der Waals surface area contributed by atoms with Crippen molar-refractivity contribution in [2.45, 2.75) is 13.3 Å². The first-order valence-corrected chi connectivity index (χ1v) is 6.34. The van der Waals surface area contributed by atoms with Crippen LogP contribution in [-0.2, 0) is 14.3 Å². The van der Waals surface area contributed by atoms with E-state index in [2.05, 4.69) is 5.32 Å². The number of hydrogen-bond donors (Lipinski definition) is 1. The molecule has 0 saturated carbocycles. The van der Waals surface area contributed by atoms with Crippen LogP contribution in [0, 0.1) is 0 Å². The summed E-state index contributed by atoms with van der Waals surface area (Å²) in [6.07, 6.45) is 0.687. The first-order chi connectivity index (χ1) is 9.20. The van der Waals surface area contributed by atoms with Gasteiger partial charge in [-0.25, -0.2) is 0 Å². The maximum Gasteiger partial charge on any atom is 0.316 e. The Balaban J connectivity index is 2.56. The molecule has 1 aromatic carbocycles. The van der Waals surface area contributed by atoms with Gasteiger partial charge < -0.3 is 15.0 Å². The molecule has 0 heterocycles. The number of hydrogen-bond acceptors (Lipinski definition) is 3. The number of methoxy groups -OCH3 is 1. The monoisotopic (exact) mass is 264 g/mol. The highest BCUT2D eigenvalue weighted by Crippen LogP contribution is 2.12. The lowest BCUT2D eigenvalue weighted by Gasteiger charge is -2.20. The first kappa shape index (κ1) is 15.2. The molecular formula is C14H20N2O3. The van der Waals surface area contributed by atoms with Gasteiger partial charge in [0.2, 0.25) is 0 Å². The minimum Gasteiger partial charge on any atom is -0.385 e. The molecule has 1 aromatic rings. The molecule has 5 heteroatoms. The first-order valence-electron chi connectivity index (χ1n) is 6.34. The van der Waals surface area contributed by atoms with E-state index < -0.39 is 11.8 Å². The highest BCUT2D eigenvalue weighted by Gasteiger charge is 2.21. The Kier molecular flexibility index (Phi) is 6.60. The van der Waals surface area contributed by atoms with Crippen molar-refractivity contribution < 1.29 is 14.3 Å².